The molecule has 2 aromatic carbocycles. The minimum atomic E-state index is -4.01. The molecular weight excluding hydrogens is 442 g/mol. The Morgan fingerprint density at radius 2 is 1.87 bits per heavy atom. The summed E-state index contributed by atoms with van der Waals surface area (Å²) in [4.78, 5) is 13.6. The zero-order valence-corrected chi connectivity index (χ0v) is 18.5. The van der Waals surface area contributed by atoms with Crippen LogP contribution in [0.2, 0.25) is 0 Å². The quantitative estimate of drug-likeness (QED) is 0.420. The van der Waals surface area contributed by atoms with Crippen molar-refractivity contribution in [2.75, 3.05) is 11.3 Å². The summed E-state index contributed by atoms with van der Waals surface area (Å²) in [6.07, 6.45) is 0. The molecule has 2 aromatic heterocycles. The van der Waals surface area contributed by atoms with Gasteiger partial charge in [0.05, 0.1) is 18.3 Å². The van der Waals surface area contributed by atoms with Gasteiger partial charge in [-0.1, -0.05) is 36.4 Å². The molecule has 0 aliphatic heterocycles. The number of nitrogens with one attached hydrogen (secondary N) is 1. The van der Waals surface area contributed by atoms with Crippen molar-refractivity contribution in [1.82, 2.24) is 8.75 Å². The lowest BCUT2D eigenvalue weighted by Gasteiger charge is -2.10. The Hall–Kier alpha value is -2.82. The average molecular weight is 460 g/mol. The van der Waals surface area contributed by atoms with E-state index >= 15 is 0 Å². The van der Waals surface area contributed by atoms with Crippen LogP contribution in [0.3, 0.4) is 0 Å². The van der Waals surface area contributed by atoms with Crippen molar-refractivity contribution in [3.8, 4) is 11.1 Å². The van der Waals surface area contributed by atoms with Crippen LogP contribution in [0.5, 0.6) is 0 Å². The number of aromatic nitrogens is 2. The van der Waals surface area contributed by atoms with Gasteiger partial charge in [0.1, 0.15) is 26.5 Å². The Morgan fingerprint density at radius 1 is 1.10 bits per heavy atom. The zero-order valence-electron chi connectivity index (χ0n) is 16.1. The van der Waals surface area contributed by atoms with E-state index in [2.05, 4.69) is 13.5 Å². The lowest BCUT2D eigenvalue weighted by atomic mass is 10.0. The number of benzene rings is 2. The summed E-state index contributed by atoms with van der Waals surface area (Å²) in [5, 5.41) is 0.213. The minimum Gasteiger partial charge on any atom is -0.462 e. The van der Waals surface area contributed by atoms with Crippen LogP contribution in [0.15, 0.2) is 53.4 Å². The number of thiophene rings is 1. The summed E-state index contributed by atoms with van der Waals surface area (Å²) >= 11 is 2.14. The van der Waals surface area contributed by atoms with E-state index in [0.717, 1.165) is 22.2 Å². The smallest absolute Gasteiger partial charge is 0.341 e. The number of fused-ring (bicyclic) bond motifs is 1. The standard InChI is InChI=1S/C20H17N3O4S3/c1-3-27-20(24)17-16(13-8-5-4-6-9-13)12(2)28-19(17)23-30(25,26)15-11-7-10-14-18(15)22-29-21-14/h4-11,23H,3H2,1-2H3. The van der Waals surface area contributed by atoms with Crippen molar-refractivity contribution in [3.63, 3.8) is 0 Å². The number of ether oxygens (including phenoxy) is 1. The minimum absolute atomic E-state index is 0.0101. The third-order valence-corrected chi connectivity index (χ3v) is 7.47. The third-order valence-electron chi connectivity index (χ3n) is 4.39. The maximum atomic E-state index is 13.2. The first-order valence-electron chi connectivity index (χ1n) is 9.02. The fraction of sp³-hybridized carbons (Fsp3) is 0.150. The van der Waals surface area contributed by atoms with Crippen LogP contribution in [0.25, 0.3) is 22.2 Å². The van der Waals surface area contributed by atoms with Crippen molar-refractivity contribution in [1.29, 1.82) is 0 Å². The summed E-state index contributed by atoms with van der Waals surface area (Å²) in [6.45, 7) is 3.73. The van der Waals surface area contributed by atoms with Gasteiger partial charge in [-0.2, -0.15) is 8.75 Å². The number of hydrogen-bond donors (Lipinski definition) is 1. The van der Waals surface area contributed by atoms with E-state index in [1.54, 1.807) is 19.1 Å². The Labute approximate surface area is 181 Å². The zero-order chi connectivity index (χ0) is 21.3. The number of carbonyl (C=O) groups is 1. The molecule has 4 aromatic rings. The molecule has 0 aliphatic carbocycles. The van der Waals surface area contributed by atoms with E-state index in [-0.39, 0.29) is 22.1 Å². The topological polar surface area (TPSA) is 98.2 Å². The van der Waals surface area contributed by atoms with Gasteiger partial charge >= 0.3 is 5.97 Å². The van der Waals surface area contributed by atoms with Gasteiger partial charge in [-0.05, 0) is 31.5 Å². The Morgan fingerprint density at radius 3 is 2.60 bits per heavy atom. The maximum Gasteiger partial charge on any atom is 0.341 e. The van der Waals surface area contributed by atoms with Crippen LogP contribution in [0.1, 0.15) is 22.2 Å². The summed E-state index contributed by atoms with van der Waals surface area (Å²) < 4.78 is 42.4. The van der Waals surface area contributed by atoms with Crippen molar-refractivity contribution in [3.05, 3.63) is 59.0 Å². The molecule has 0 saturated carbocycles. The summed E-state index contributed by atoms with van der Waals surface area (Å²) in [6, 6.07) is 14.1. The lowest BCUT2D eigenvalue weighted by molar-refractivity contribution is 0.0529. The second-order valence-corrected chi connectivity index (χ2v) is 9.72. The molecule has 2 heterocycles. The number of carbonyl (C=O) groups excluding carboxylic acids is 1. The van der Waals surface area contributed by atoms with E-state index in [4.69, 9.17) is 4.74 Å². The van der Waals surface area contributed by atoms with E-state index < -0.39 is 16.0 Å². The molecule has 0 saturated heterocycles. The van der Waals surface area contributed by atoms with Crippen LogP contribution in [-0.4, -0.2) is 29.7 Å². The molecule has 0 amide bonds. The predicted octanol–water partition coefficient (Wildman–Crippen LogP) is 4.71. The van der Waals surface area contributed by atoms with Crippen molar-refractivity contribution in [2.45, 2.75) is 18.7 Å². The number of aryl methyl sites for hydroxylation is 1. The van der Waals surface area contributed by atoms with E-state index in [1.165, 1.54) is 17.4 Å². The monoisotopic (exact) mass is 459 g/mol. The molecule has 0 bridgehead atoms. The number of esters is 1. The van der Waals surface area contributed by atoms with Crippen molar-refractivity contribution < 1.29 is 17.9 Å². The fourth-order valence-corrected chi connectivity index (χ4v) is 6.28. The second kappa shape index (κ2) is 8.13. The van der Waals surface area contributed by atoms with Gasteiger partial charge in [-0.15, -0.1) is 11.3 Å². The Bertz CT molecular complexity index is 1330. The van der Waals surface area contributed by atoms with Crippen LogP contribution < -0.4 is 4.72 Å². The second-order valence-electron chi connectivity index (χ2n) is 6.32. The molecule has 10 heteroatoms. The van der Waals surface area contributed by atoms with Gasteiger partial charge in [0.15, 0.2) is 0 Å². The molecule has 0 atom stereocenters. The van der Waals surface area contributed by atoms with Gasteiger partial charge in [0, 0.05) is 10.4 Å². The SMILES string of the molecule is CCOC(=O)c1c(NS(=O)(=O)c2cccc3nsnc23)sc(C)c1-c1ccccc1. The molecule has 0 unspecified atom stereocenters. The van der Waals surface area contributed by atoms with Gasteiger partial charge in [-0.3, -0.25) is 4.72 Å². The maximum absolute atomic E-state index is 13.2. The highest BCUT2D eigenvalue weighted by atomic mass is 32.2. The molecule has 30 heavy (non-hydrogen) atoms. The fourth-order valence-electron chi connectivity index (χ4n) is 3.14. The summed E-state index contributed by atoms with van der Waals surface area (Å²) in [5.74, 6) is -0.577. The molecule has 0 radical (unpaired) electrons. The number of anilines is 1. The molecule has 0 fully saturated rings. The van der Waals surface area contributed by atoms with Crippen LogP contribution in [0.4, 0.5) is 5.00 Å². The van der Waals surface area contributed by atoms with Crippen molar-refractivity contribution in [2.24, 2.45) is 0 Å². The predicted molar refractivity (Wildman–Crippen MR) is 119 cm³/mol. The highest BCUT2D eigenvalue weighted by Gasteiger charge is 2.28. The molecule has 7 nitrogen and oxygen atoms in total. The number of rotatable bonds is 6. The Balaban J connectivity index is 1.85. The van der Waals surface area contributed by atoms with Crippen LogP contribution in [0, 0.1) is 6.92 Å². The van der Waals surface area contributed by atoms with E-state index in [0.29, 0.717) is 16.6 Å². The number of nitrogens with zero attached hydrogens (tertiary/aromatic N) is 2. The highest BCUT2D eigenvalue weighted by molar-refractivity contribution is 7.93. The van der Waals surface area contributed by atoms with E-state index in [1.807, 2.05) is 37.3 Å². The molecule has 0 aliphatic rings. The molecule has 154 valence electrons. The highest BCUT2D eigenvalue weighted by Crippen LogP contribution is 2.41. The van der Waals surface area contributed by atoms with Crippen molar-refractivity contribution >= 4 is 55.1 Å². The number of sulfonamides is 1. The molecule has 1 N–H and O–H groups in total. The molecule has 0 spiro atoms. The normalized spacial score (nSPS) is 11.5. The molecular formula is C20H17N3O4S3. The summed E-state index contributed by atoms with van der Waals surface area (Å²) in [7, 11) is -4.01. The third kappa shape index (κ3) is 3.69. The average Bonchev–Trinajstić information content (AvgIpc) is 3.32. The first kappa shape index (κ1) is 20.5. The largest absolute Gasteiger partial charge is 0.462 e. The van der Waals surface area contributed by atoms with E-state index in [9.17, 15) is 13.2 Å². The number of hydrogen-bond acceptors (Lipinski definition) is 8. The van der Waals surface area contributed by atoms with Gasteiger partial charge < -0.3 is 4.74 Å². The Kier molecular flexibility index (Phi) is 5.54. The van der Waals surface area contributed by atoms with Gasteiger partial charge in [0.2, 0.25) is 0 Å². The van der Waals surface area contributed by atoms with Gasteiger partial charge in [-0.25, -0.2) is 13.2 Å². The lowest BCUT2D eigenvalue weighted by Crippen LogP contribution is -2.16. The van der Waals surface area contributed by atoms with Crippen LogP contribution in [-0.2, 0) is 14.8 Å². The summed E-state index contributed by atoms with van der Waals surface area (Å²) in [5.41, 5.74) is 2.47. The first-order chi connectivity index (χ1) is 14.4. The van der Waals surface area contributed by atoms with Gasteiger partial charge in [0.25, 0.3) is 10.0 Å². The first-order valence-corrected chi connectivity index (χ1v) is 12.1. The van der Waals surface area contributed by atoms with Crippen LogP contribution >= 0.6 is 23.1 Å². The molecule has 4 rings (SSSR count).